The molecule has 32 heteroatoms. The topological polar surface area (TPSA) is 400 Å². The molecule has 20 rings (SSSR count). The summed E-state index contributed by atoms with van der Waals surface area (Å²) in [6.07, 6.45) is 2.35. The van der Waals surface area contributed by atoms with Crippen LogP contribution in [0.15, 0.2) is 116 Å². The highest BCUT2D eigenvalue weighted by molar-refractivity contribution is 6.74. The second-order valence-corrected chi connectivity index (χ2v) is 44.9. The average molecular weight is 1860 g/mol. The third kappa shape index (κ3) is 14.5. The number of carbonyl (C=O) groups is 5. The van der Waals surface area contributed by atoms with Gasteiger partial charge in [-0.25, -0.2) is 43.9 Å². The number of phenolic OH excluding ortho intramolecular Hbond substituents is 2. The van der Waals surface area contributed by atoms with Crippen LogP contribution in [0.5, 0.6) is 23.0 Å². The van der Waals surface area contributed by atoms with Crippen LogP contribution in [0.1, 0.15) is 212 Å². The van der Waals surface area contributed by atoms with E-state index in [9.17, 15) is 68.7 Å². The first-order chi connectivity index (χ1) is 64.2. The van der Waals surface area contributed by atoms with Gasteiger partial charge in [-0.05, 0) is 207 Å². The number of cyclic esters (lactones) is 4. The molecule has 0 saturated carbocycles. The summed E-state index contributed by atoms with van der Waals surface area (Å²) in [6, 6.07) is 35.6. The summed E-state index contributed by atoms with van der Waals surface area (Å²) < 4.78 is 50.7. The van der Waals surface area contributed by atoms with Gasteiger partial charge in [-0.2, -0.15) is 0 Å². The molecular formula is C102H110N8O22Si2. The highest BCUT2D eigenvalue weighted by Gasteiger charge is 2.53. The van der Waals surface area contributed by atoms with Gasteiger partial charge >= 0.3 is 30.0 Å². The Bertz CT molecular complexity index is 7040. The van der Waals surface area contributed by atoms with Crippen molar-refractivity contribution in [3.63, 3.8) is 0 Å². The molecule has 8 aromatic heterocycles. The van der Waals surface area contributed by atoms with Crippen LogP contribution in [-0.2, 0) is 148 Å². The molecule has 4 atom stereocenters. The number of fused-ring (bicyclic) bond motifs is 20. The SMILES string of the molecule is CCc1c2c(nc3ccc(O)cc13)-c1cc3c(c(=O)n1C2)COC(=O)[C@@]3(CC)OC(=O)OC.CCc1c2c(nc3ccc(O)cc13)-c1cc3c(c(=O)n1C2)COC(=O)[C@]3(O)CC.CCc1c2c(nc3ccc(O[Si](CC)(CC)CC)cc13)-c1cc3c(c(=O)n1C2)COC(=O)[C@]3(O)CC.CCc1c2c(nc3ccc(O[Si](CC)(CC)CC)cc13)-c1cc3c(c(=O)n1C2)COC(=O)[C@]3(O)CC. The lowest BCUT2D eigenvalue weighted by molar-refractivity contribution is -0.175. The number of nitrogens with zero attached hydrogens (tertiary/aromatic N) is 8. The number of phenols is 2. The number of hydrogen-bond donors (Lipinski definition) is 5. The van der Waals surface area contributed by atoms with Crippen LogP contribution in [0.2, 0.25) is 36.3 Å². The number of carbonyl (C=O) groups excluding carboxylic acids is 5. The maximum Gasteiger partial charge on any atom is 0.509 e. The summed E-state index contributed by atoms with van der Waals surface area (Å²) in [6.45, 7) is 29.3. The van der Waals surface area contributed by atoms with E-state index in [-0.39, 0.29) is 91.4 Å². The summed E-state index contributed by atoms with van der Waals surface area (Å²) in [4.78, 5) is 135. The Morgan fingerprint density at radius 1 is 0.358 bits per heavy atom. The number of pyridine rings is 8. The van der Waals surface area contributed by atoms with Gasteiger partial charge in [0.25, 0.3) is 22.2 Å². The fraction of sp³-hybridized carbons (Fsp3) is 0.402. The Labute approximate surface area is 773 Å². The normalized spacial score (nSPS) is 18.7. The molecule has 0 aliphatic carbocycles. The number of aryl methyl sites for hydroxylation is 4. The lowest BCUT2D eigenvalue weighted by atomic mass is 9.85. The van der Waals surface area contributed by atoms with Crippen molar-refractivity contribution in [2.45, 2.75) is 260 Å². The molecular weight excluding hydrogens is 1750 g/mol. The second-order valence-electron chi connectivity index (χ2n) is 35.5. The zero-order valence-corrected chi connectivity index (χ0v) is 80.0. The Kier molecular flexibility index (Phi) is 24.3. The van der Waals surface area contributed by atoms with Crippen LogP contribution in [0, 0.1) is 0 Å². The molecule has 0 spiro atoms. The first-order valence-corrected chi connectivity index (χ1v) is 51.6. The number of aliphatic hydroxyl groups is 3. The first kappa shape index (κ1) is 92.8. The van der Waals surface area contributed by atoms with Crippen LogP contribution < -0.4 is 31.1 Å². The smallest absolute Gasteiger partial charge is 0.509 e. The summed E-state index contributed by atoms with van der Waals surface area (Å²) >= 11 is 0. The number of esters is 4. The Morgan fingerprint density at radius 2 is 0.627 bits per heavy atom. The lowest BCUT2D eigenvalue weighted by Gasteiger charge is -2.35. The molecule has 16 heterocycles. The predicted molar refractivity (Wildman–Crippen MR) is 506 cm³/mol. The molecule has 12 aromatic rings. The van der Waals surface area contributed by atoms with Gasteiger partial charge in [0, 0.05) is 66.1 Å². The molecule has 8 aliphatic rings. The average Bonchev–Trinajstić information content (AvgIpc) is 1.48. The van der Waals surface area contributed by atoms with E-state index in [1.165, 1.54) is 0 Å². The minimum Gasteiger partial charge on any atom is -0.543 e. The van der Waals surface area contributed by atoms with Crippen molar-refractivity contribution in [1.82, 2.24) is 38.2 Å². The van der Waals surface area contributed by atoms with E-state index in [1.54, 1.807) is 107 Å². The highest BCUT2D eigenvalue weighted by Crippen LogP contribution is 2.49. The number of hydrogen-bond acceptors (Lipinski definition) is 26. The fourth-order valence-corrected chi connectivity index (χ4v) is 26.2. The first-order valence-electron chi connectivity index (χ1n) is 46.5. The summed E-state index contributed by atoms with van der Waals surface area (Å²) in [5.41, 5.74) is 10.7. The number of aromatic hydroxyl groups is 2. The van der Waals surface area contributed by atoms with Crippen molar-refractivity contribution in [2.24, 2.45) is 0 Å². The Balaban J connectivity index is 0.000000125. The van der Waals surface area contributed by atoms with Gasteiger partial charge in [0.1, 0.15) is 49.4 Å². The van der Waals surface area contributed by atoms with Crippen molar-refractivity contribution in [3.8, 4) is 68.5 Å². The van der Waals surface area contributed by atoms with Crippen LogP contribution >= 0.6 is 0 Å². The van der Waals surface area contributed by atoms with E-state index in [0.717, 1.165) is 162 Å². The minimum atomic E-state index is -1.83. The quantitative estimate of drug-likeness (QED) is 0.0285. The number of ether oxygens (including phenoxy) is 6. The van der Waals surface area contributed by atoms with Gasteiger partial charge in [-0.1, -0.05) is 96.9 Å². The molecule has 8 aliphatic heterocycles. The van der Waals surface area contributed by atoms with Crippen molar-refractivity contribution >= 4 is 90.3 Å². The van der Waals surface area contributed by atoms with E-state index in [2.05, 4.69) is 72.3 Å². The lowest BCUT2D eigenvalue weighted by Crippen LogP contribution is -2.47. The van der Waals surface area contributed by atoms with Crippen LogP contribution in [0.25, 0.3) is 89.2 Å². The van der Waals surface area contributed by atoms with Crippen LogP contribution in [0.4, 0.5) is 4.79 Å². The molecule has 0 saturated heterocycles. The number of rotatable bonds is 19. The van der Waals surface area contributed by atoms with Gasteiger partial charge in [0.05, 0.1) is 123 Å². The zero-order valence-electron chi connectivity index (χ0n) is 78.0. The summed E-state index contributed by atoms with van der Waals surface area (Å²) in [7, 11) is -2.49. The number of methoxy groups -OCH3 is 1. The molecule has 5 N–H and O–H groups in total. The molecule has 698 valence electrons. The fourth-order valence-electron chi connectivity index (χ4n) is 21.1. The minimum absolute atomic E-state index is 0.0638. The van der Waals surface area contributed by atoms with Gasteiger partial charge in [0.2, 0.25) is 22.2 Å². The van der Waals surface area contributed by atoms with E-state index in [4.69, 9.17) is 52.5 Å². The molecule has 0 unspecified atom stereocenters. The molecule has 0 fully saturated rings. The second kappa shape index (κ2) is 35.1. The van der Waals surface area contributed by atoms with E-state index >= 15 is 0 Å². The van der Waals surface area contributed by atoms with Gasteiger partial charge < -0.3 is 81.1 Å². The number of benzene rings is 4. The highest BCUT2D eigenvalue weighted by atomic mass is 28.4. The van der Waals surface area contributed by atoms with E-state index < -0.39 is 69.1 Å². The van der Waals surface area contributed by atoms with Crippen molar-refractivity contribution in [1.29, 1.82) is 0 Å². The summed E-state index contributed by atoms with van der Waals surface area (Å²) in [5, 5.41) is 56.8. The Morgan fingerprint density at radius 3 is 0.896 bits per heavy atom. The van der Waals surface area contributed by atoms with Crippen molar-refractivity contribution in [3.05, 3.63) is 227 Å². The third-order valence-corrected chi connectivity index (χ3v) is 38.5. The standard InChI is InChI=1S/2C28H34N2O5Si.C24H22N2O7.C22H20N2O5/c2*1-6-18-19-13-17(35-36(8-3,9-4)10-5)11-12-23(19)29-25-20(18)15-30-24(25)14-22-21(26(30)31)16-34-27(32)28(22,33)7-2;1-4-13-14-8-12(27)6-7-18(14)25-20-15(13)10-26-19(20)9-17-16(21(26)28)11-32-22(29)24(17,5-2)33-23(30)31-3;1-3-12-13-7-11(25)5-6-17(13)23-19-14(12)9-24-18(19)8-16-15(20(24)26)10-29-21(27)22(16,28)4-2/h2*11-14,33H,6-10,15-16H2,1-5H3;6-9,27H,4-5,10-11H2,1-3H3;5-8,25,28H,3-4,9-10H2,1-2H3/t2*28-;24-;22-/m0000/s1. The molecule has 0 radical (unpaired) electrons. The molecule has 0 bridgehead atoms. The molecule has 4 aromatic carbocycles. The van der Waals surface area contributed by atoms with Crippen molar-refractivity contribution < 1.29 is 86.8 Å². The van der Waals surface area contributed by atoms with E-state index in [1.807, 2.05) is 38.1 Å². The van der Waals surface area contributed by atoms with Gasteiger partial charge in [-0.15, -0.1) is 0 Å². The van der Waals surface area contributed by atoms with E-state index in [0.29, 0.717) is 118 Å². The maximum atomic E-state index is 13.5. The molecule has 30 nitrogen and oxygen atoms in total. The van der Waals surface area contributed by atoms with Crippen molar-refractivity contribution in [2.75, 3.05) is 7.11 Å². The third-order valence-electron chi connectivity index (χ3n) is 29.5. The van der Waals surface area contributed by atoms with Crippen LogP contribution in [0.3, 0.4) is 0 Å². The Hall–Kier alpha value is -13.0. The molecule has 0 amide bonds. The van der Waals surface area contributed by atoms with Gasteiger partial charge in [-0.3, -0.25) is 19.2 Å². The van der Waals surface area contributed by atoms with Crippen LogP contribution in [-0.4, -0.2) is 118 Å². The maximum absolute atomic E-state index is 13.5. The number of aromatic nitrogens is 8. The zero-order chi connectivity index (χ0) is 95.6. The largest absolute Gasteiger partial charge is 0.543 e. The predicted octanol–water partition coefficient (Wildman–Crippen LogP) is 15.5. The summed E-state index contributed by atoms with van der Waals surface area (Å²) in [5.74, 6) is -0.802. The molecule has 134 heavy (non-hydrogen) atoms. The van der Waals surface area contributed by atoms with Gasteiger partial charge in [0.15, 0.2) is 16.8 Å². The monoisotopic (exact) mass is 1850 g/mol.